The number of carbonyl (C=O) groups is 2. The number of amides is 2. The second kappa shape index (κ2) is 5.26. The van der Waals surface area contributed by atoms with Crippen LogP contribution in [0.5, 0.6) is 0 Å². The molecule has 1 aliphatic rings. The van der Waals surface area contributed by atoms with Gasteiger partial charge in [0.2, 0.25) is 5.54 Å². The summed E-state index contributed by atoms with van der Waals surface area (Å²) in [6, 6.07) is -1.15. The van der Waals surface area contributed by atoms with Crippen molar-refractivity contribution in [2.45, 2.75) is 50.4 Å². The van der Waals surface area contributed by atoms with E-state index in [9.17, 15) is 22.8 Å². The molecule has 110 valence electrons. The molecule has 2 amide bonds. The number of alkyl halides is 3. The smallest absolute Gasteiger partial charge is 0.422 e. The summed E-state index contributed by atoms with van der Waals surface area (Å²) in [5, 5.41) is 10.3. The highest BCUT2D eigenvalue weighted by atomic mass is 19.4. The van der Waals surface area contributed by atoms with Gasteiger partial charge >= 0.3 is 18.2 Å². The molecule has 1 unspecified atom stereocenters. The molecule has 0 aliphatic heterocycles. The summed E-state index contributed by atoms with van der Waals surface area (Å²) in [6.45, 7) is 0.440. The first kappa shape index (κ1) is 15.6. The Labute approximate surface area is 108 Å². The van der Waals surface area contributed by atoms with Crippen LogP contribution in [0, 0.1) is 0 Å². The van der Waals surface area contributed by atoms with Gasteiger partial charge < -0.3 is 15.3 Å². The minimum atomic E-state index is -5.06. The molecule has 0 radical (unpaired) electrons. The molecule has 1 fully saturated rings. The van der Waals surface area contributed by atoms with Gasteiger partial charge in [0.1, 0.15) is 0 Å². The number of halogens is 3. The predicted molar refractivity (Wildman–Crippen MR) is 60.6 cm³/mol. The molecule has 1 aliphatic carbocycles. The highest BCUT2D eigenvalue weighted by molar-refractivity contribution is 5.86. The lowest BCUT2D eigenvalue weighted by molar-refractivity contribution is -0.203. The van der Waals surface area contributed by atoms with E-state index in [1.807, 2.05) is 0 Å². The van der Waals surface area contributed by atoms with Gasteiger partial charge in [-0.25, -0.2) is 9.59 Å². The molecular formula is C11H17F3N2O3. The van der Waals surface area contributed by atoms with Crippen LogP contribution in [0.25, 0.3) is 0 Å². The van der Waals surface area contributed by atoms with Gasteiger partial charge in [-0.15, -0.1) is 0 Å². The Kier molecular flexibility index (Phi) is 4.32. The first-order valence-corrected chi connectivity index (χ1v) is 5.94. The fraction of sp³-hybridized carbons (Fsp3) is 0.818. The molecule has 1 rings (SSSR count). The van der Waals surface area contributed by atoms with Crippen molar-refractivity contribution in [3.05, 3.63) is 0 Å². The van der Waals surface area contributed by atoms with Crippen molar-refractivity contribution >= 4 is 12.0 Å². The van der Waals surface area contributed by atoms with Crippen LogP contribution in [0.2, 0.25) is 0 Å². The largest absolute Gasteiger partial charge is 0.479 e. The zero-order valence-corrected chi connectivity index (χ0v) is 10.8. The molecule has 0 heterocycles. The molecule has 0 bridgehead atoms. The molecule has 0 aromatic carbocycles. The Morgan fingerprint density at radius 3 is 2.11 bits per heavy atom. The van der Waals surface area contributed by atoms with E-state index in [0.717, 1.165) is 30.6 Å². The Hall–Kier alpha value is -1.47. The zero-order valence-electron chi connectivity index (χ0n) is 10.8. The summed E-state index contributed by atoms with van der Waals surface area (Å²) in [7, 11) is 1.38. The quantitative estimate of drug-likeness (QED) is 0.831. The van der Waals surface area contributed by atoms with Gasteiger partial charge in [0.15, 0.2) is 0 Å². The maximum Gasteiger partial charge on any atom is 0.422 e. The Balaban J connectivity index is 2.80. The highest BCUT2D eigenvalue weighted by Crippen LogP contribution is 2.31. The summed E-state index contributed by atoms with van der Waals surface area (Å²) >= 11 is 0. The lowest BCUT2D eigenvalue weighted by atomic mass is 10.0. The number of nitrogens with zero attached hydrogens (tertiary/aromatic N) is 1. The molecule has 19 heavy (non-hydrogen) atoms. The lowest BCUT2D eigenvalue weighted by Gasteiger charge is -2.32. The highest BCUT2D eigenvalue weighted by Gasteiger charge is 2.58. The number of hydrogen-bond acceptors (Lipinski definition) is 2. The van der Waals surface area contributed by atoms with Gasteiger partial charge in [-0.1, -0.05) is 12.8 Å². The van der Waals surface area contributed by atoms with E-state index < -0.39 is 23.7 Å². The second-order valence-corrected chi connectivity index (χ2v) is 4.91. The summed E-state index contributed by atoms with van der Waals surface area (Å²) in [6.07, 6.45) is -1.79. The van der Waals surface area contributed by atoms with E-state index in [-0.39, 0.29) is 6.04 Å². The molecule has 0 aromatic heterocycles. The van der Waals surface area contributed by atoms with Gasteiger partial charge in [-0.2, -0.15) is 13.2 Å². The van der Waals surface area contributed by atoms with Crippen molar-refractivity contribution in [3.8, 4) is 0 Å². The van der Waals surface area contributed by atoms with E-state index in [4.69, 9.17) is 5.11 Å². The fourth-order valence-electron chi connectivity index (χ4n) is 2.01. The molecule has 5 nitrogen and oxygen atoms in total. The third-order valence-corrected chi connectivity index (χ3v) is 3.54. The average molecular weight is 282 g/mol. The van der Waals surface area contributed by atoms with E-state index in [1.165, 1.54) is 7.05 Å². The summed E-state index contributed by atoms with van der Waals surface area (Å²) < 4.78 is 38.2. The number of nitrogens with one attached hydrogen (secondary N) is 1. The summed E-state index contributed by atoms with van der Waals surface area (Å²) in [5.74, 6) is -2.13. The normalized spacial score (nSPS) is 19.8. The van der Waals surface area contributed by atoms with E-state index in [0.29, 0.717) is 6.92 Å². The molecule has 2 N–H and O–H groups in total. The Morgan fingerprint density at radius 1 is 1.26 bits per heavy atom. The maximum absolute atomic E-state index is 12.7. The van der Waals surface area contributed by atoms with Crippen molar-refractivity contribution in [1.29, 1.82) is 0 Å². The Bertz CT molecular complexity index is 367. The van der Waals surface area contributed by atoms with Gasteiger partial charge in [-0.3, -0.25) is 0 Å². The number of hydrogen-bond donors (Lipinski definition) is 2. The second-order valence-electron chi connectivity index (χ2n) is 4.91. The number of carboxylic acids is 1. The van der Waals surface area contributed by atoms with Gasteiger partial charge in [-0.05, 0) is 19.8 Å². The fourth-order valence-corrected chi connectivity index (χ4v) is 2.01. The summed E-state index contributed by atoms with van der Waals surface area (Å²) in [5.41, 5.74) is -3.28. The molecule has 1 atom stereocenters. The van der Waals surface area contributed by atoms with E-state index in [2.05, 4.69) is 0 Å². The molecular weight excluding hydrogens is 265 g/mol. The zero-order chi connectivity index (χ0) is 14.8. The number of carboxylic acid groups (broad SMARTS) is 1. The van der Waals surface area contributed by atoms with Crippen molar-refractivity contribution in [2.24, 2.45) is 0 Å². The molecule has 0 aromatic rings. The third-order valence-electron chi connectivity index (χ3n) is 3.54. The first-order valence-electron chi connectivity index (χ1n) is 5.94. The van der Waals surface area contributed by atoms with Gasteiger partial charge in [0, 0.05) is 13.1 Å². The van der Waals surface area contributed by atoms with Gasteiger partial charge in [0.05, 0.1) is 0 Å². The lowest BCUT2D eigenvalue weighted by Crippen LogP contribution is -2.64. The third kappa shape index (κ3) is 3.10. The number of carbonyl (C=O) groups excluding carboxylic acids is 1. The maximum atomic E-state index is 12.7. The van der Waals surface area contributed by atoms with Crippen LogP contribution in [0.15, 0.2) is 0 Å². The van der Waals surface area contributed by atoms with Crippen molar-refractivity contribution < 1.29 is 27.9 Å². The summed E-state index contributed by atoms with van der Waals surface area (Å²) in [4.78, 5) is 23.7. The molecule has 1 saturated carbocycles. The van der Waals surface area contributed by atoms with Crippen LogP contribution in [0.1, 0.15) is 32.6 Å². The molecule has 8 heteroatoms. The van der Waals surface area contributed by atoms with Crippen LogP contribution in [-0.2, 0) is 4.79 Å². The minimum absolute atomic E-state index is 0.133. The monoisotopic (exact) mass is 282 g/mol. The van der Waals surface area contributed by atoms with E-state index in [1.54, 1.807) is 5.32 Å². The van der Waals surface area contributed by atoms with Crippen LogP contribution in [-0.4, -0.2) is 46.8 Å². The van der Waals surface area contributed by atoms with Gasteiger partial charge in [0.25, 0.3) is 0 Å². The number of rotatable bonds is 3. The minimum Gasteiger partial charge on any atom is -0.479 e. The van der Waals surface area contributed by atoms with Crippen LogP contribution >= 0.6 is 0 Å². The standard InChI is InChI=1S/C11H17F3N2O3/c1-10(8(17)18,11(12,13)14)15-9(19)16(2)7-5-3-4-6-7/h7H,3-6H2,1-2H3,(H,15,19)(H,17,18). The SMILES string of the molecule is CN(C(=O)NC(C)(C(=O)O)C(F)(F)F)C1CCCC1. The molecule has 0 spiro atoms. The first-order chi connectivity index (χ1) is 8.59. The van der Waals surface area contributed by atoms with Crippen molar-refractivity contribution in [3.63, 3.8) is 0 Å². The van der Waals surface area contributed by atoms with Crippen LogP contribution < -0.4 is 5.32 Å². The van der Waals surface area contributed by atoms with Crippen molar-refractivity contribution in [1.82, 2.24) is 10.2 Å². The topological polar surface area (TPSA) is 69.6 Å². The Morgan fingerprint density at radius 2 is 1.74 bits per heavy atom. The predicted octanol–water partition coefficient (Wildman–Crippen LogP) is 1.98. The van der Waals surface area contributed by atoms with Crippen LogP contribution in [0.3, 0.4) is 0 Å². The number of aliphatic carboxylic acids is 1. The van der Waals surface area contributed by atoms with E-state index >= 15 is 0 Å². The van der Waals surface area contributed by atoms with Crippen molar-refractivity contribution in [2.75, 3.05) is 7.05 Å². The average Bonchev–Trinajstić information content (AvgIpc) is 2.79. The van der Waals surface area contributed by atoms with Crippen LogP contribution in [0.4, 0.5) is 18.0 Å². The number of urea groups is 1. The molecule has 0 saturated heterocycles.